The number of methoxy groups -OCH3 is 1. The fourth-order valence-electron chi connectivity index (χ4n) is 4.90. The van der Waals surface area contributed by atoms with Crippen LogP contribution >= 0.6 is 0 Å². The average molecular weight is 512 g/mol. The molecule has 5 rings (SSSR count). The van der Waals surface area contributed by atoms with E-state index < -0.39 is 5.97 Å². The minimum absolute atomic E-state index is 0.132. The first-order valence-electron chi connectivity index (χ1n) is 12.7. The maximum Gasteiger partial charge on any atom is 0.335 e. The first-order chi connectivity index (χ1) is 18.5. The molecule has 194 valence electrons. The Kier molecular flexibility index (Phi) is 7.49. The molecule has 1 aliphatic carbocycles. The Morgan fingerprint density at radius 1 is 1.08 bits per heavy atom. The largest absolute Gasteiger partial charge is 0.493 e. The number of rotatable bonds is 8. The number of aromatic carboxylic acids is 1. The summed E-state index contributed by atoms with van der Waals surface area (Å²) in [6.07, 6.45) is 6.95. The molecular weight excluding hydrogens is 482 g/mol. The van der Waals surface area contributed by atoms with Gasteiger partial charge in [-0.05, 0) is 54.8 Å². The zero-order valence-corrected chi connectivity index (χ0v) is 21.2. The van der Waals surface area contributed by atoms with Crippen LogP contribution in [0.4, 0.5) is 0 Å². The highest BCUT2D eigenvalue weighted by atomic mass is 16.5. The van der Waals surface area contributed by atoms with Gasteiger partial charge in [-0.25, -0.2) is 9.78 Å². The van der Waals surface area contributed by atoms with Gasteiger partial charge in [0.1, 0.15) is 12.4 Å². The Morgan fingerprint density at radius 3 is 2.66 bits per heavy atom. The van der Waals surface area contributed by atoms with E-state index in [1.807, 2.05) is 30.3 Å². The molecule has 1 saturated carbocycles. The second kappa shape index (κ2) is 11.3. The SMILES string of the molecule is COc1cccc(C=Nn2c(C3CCCCC3)nc3ccccc3c2=O)c1OCc1cccc(C(=O)O)c1. The van der Waals surface area contributed by atoms with E-state index >= 15 is 0 Å². The molecule has 0 bridgehead atoms. The standard InChI is InChI=1S/C30H29N3O5/c1-37-26-16-8-13-23(27(26)38-19-20-9-7-12-22(17-20)30(35)36)18-31-33-28(21-10-3-2-4-11-21)32-25-15-6-5-14-24(25)29(33)34/h5-9,12-18,21H,2-4,10-11,19H2,1H3,(H,35,36). The molecule has 0 saturated heterocycles. The van der Waals surface area contributed by atoms with Crippen LogP contribution in [0.5, 0.6) is 11.5 Å². The molecule has 1 N–H and O–H groups in total. The molecule has 0 amide bonds. The van der Waals surface area contributed by atoms with Gasteiger partial charge in [-0.15, -0.1) is 0 Å². The first kappa shape index (κ1) is 25.2. The van der Waals surface area contributed by atoms with E-state index in [2.05, 4.69) is 5.10 Å². The van der Waals surface area contributed by atoms with Crippen molar-refractivity contribution in [1.82, 2.24) is 9.66 Å². The number of carbonyl (C=O) groups is 1. The van der Waals surface area contributed by atoms with Crippen molar-refractivity contribution in [1.29, 1.82) is 0 Å². The van der Waals surface area contributed by atoms with Crippen LogP contribution in [0, 0.1) is 0 Å². The van der Waals surface area contributed by atoms with E-state index in [0.29, 0.717) is 39.4 Å². The molecule has 4 aromatic rings. The zero-order chi connectivity index (χ0) is 26.5. The molecule has 1 heterocycles. The molecule has 0 unspecified atom stereocenters. The summed E-state index contributed by atoms with van der Waals surface area (Å²) < 4.78 is 13.1. The van der Waals surface area contributed by atoms with Gasteiger partial charge in [-0.2, -0.15) is 9.78 Å². The van der Waals surface area contributed by atoms with Gasteiger partial charge in [0.25, 0.3) is 5.56 Å². The number of carboxylic acids is 1. The summed E-state index contributed by atoms with van der Waals surface area (Å²) in [6, 6.07) is 19.4. The number of para-hydroxylation sites is 2. The number of carboxylic acid groups (broad SMARTS) is 1. The van der Waals surface area contributed by atoms with Crippen LogP contribution in [0.1, 0.15) is 65.3 Å². The maximum atomic E-state index is 13.5. The average Bonchev–Trinajstić information content (AvgIpc) is 2.96. The summed E-state index contributed by atoms with van der Waals surface area (Å²) in [7, 11) is 1.55. The predicted octanol–water partition coefficient (Wildman–Crippen LogP) is 5.61. The summed E-state index contributed by atoms with van der Waals surface area (Å²) in [4.78, 5) is 29.7. The number of hydrogen-bond acceptors (Lipinski definition) is 6. The Labute approximate surface area is 220 Å². The highest BCUT2D eigenvalue weighted by Gasteiger charge is 2.22. The van der Waals surface area contributed by atoms with E-state index in [1.165, 1.54) is 17.2 Å². The van der Waals surface area contributed by atoms with E-state index in [9.17, 15) is 14.7 Å². The van der Waals surface area contributed by atoms with E-state index in [4.69, 9.17) is 14.5 Å². The zero-order valence-electron chi connectivity index (χ0n) is 21.2. The highest BCUT2D eigenvalue weighted by molar-refractivity contribution is 5.88. The van der Waals surface area contributed by atoms with Crippen molar-refractivity contribution in [2.24, 2.45) is 5.10 Å². The van der Waals surface area contributed by atoms with Crippen LogP contribution in [-0.4, -0.2) is 34.1 Å². The van der Waals surface area contributed by atoms with Crippen LogP contribution in [0.15, 0.2) is 76.6 Å². The van der Waals surface area contributed by atoms with Crippen molar-refractivity contribution in [3.05, 3.63) is 99.6 Å². The van der Waals surface area contributed by atoms with Gasteiger partial charge in [-0.3, -0.25) is 4.79 Å². The molecule has 1 fully saturated rings. The lowest BCUT2D eigenvalue weighted by Crippen LogP contribution is -2.25. The van der Waals surface area contributed by atoms with Gasteiger partial charge in [0, 0.05) is 11.5 Å². The van der Waals surface area contributed by atoms with Crippen LogP contribution in [0.2, 0.25) is 0 Å². The topological polar surface area (TPSA) is 103 Å². The molecule has 38 heavy (non-hydrogen) atoms. The van der Waals surface area contributed by atoms with Crippen molar-refractivity contribution < 1.29 is 19.4 Å². The Morgan fingerprint density at radius 2 is 1.87 bits per heavy atom. The molecule has 0 spiro atoms. The van der Waals surface area contributed by atoms with Crippen LogP contribution in [0.25, 0.3) is 10.9 Å². The van der Waals surface area contributed by atoms with E-state index in [-0.39, 0.29) is 23.6 Å². The second-order valence-corrected chi connectivity index (χ2v) is 9.36. The molecule has 0 aliphatic heterocycles. The molecule has 8 heteroatoms. The van der Waals surface area contributed by atoms with Crippen LogP contribution in [-0.2, 0) is 6.61 Å². The Balaban J connectivity index is 1.52. The lowest BCUT2D eigenvalue weighted by molar-refractivity contribution is 0.0696. The first-order valence-corrected chi connectivity index (χ1v) is 12.7. The second-order valence-electron chi connectivity index (χ2n) is 9.36. The number of hydrogen-bond donors (Lipinski definition) is 1. The molecule has 3 aromatic carbocycles. The van der Waals surface area contributed by atoms with Crippen LogP contribution < -0.4 is 15.0 Å². The van der Waals surface area contributed by atoms with Crippen molar-refractivity contribution in [2.45, 2.75) is 44.6 Å². The Bertz CT molecular complexity index is 1550. The fourth-order valence-corrected chi connectivity index (χ4v) is 4.90. The third kappa shape index (κ3) is 5.29. The minimum Gasteiger partial charge on any atom is -0.493 e. The smallest absolute Gasteiger partial charge is 0.335 e. The van der Waals surface area contributed by atoms with Gasteiger partial charge in [0.2, 0.25) is 0 Å². The third-order valence-electron chi connectivity index (χ3n) is 6.85. The van der Waals surface area contributed by atoms with E-state index in [1.54, 1.807) is 43.7 Å². The summed E-state index contributed by atoms with van der Waals surface area (Å²) in [5, 5.41) is 14.4. The van der Waals surface area contributed by atoms with Gasteiger partial charge in [0.05, 0.1) is 29.8 Å². The quantitative estimate of drug-likeness (QED) is 0.308. The van der Waals surface area contributed by atoms with Crippen LogP contribution in [0.3, 0.4) is 0 Å². The predicted molar refractivity (Wildman–Crippen MR) is 146 cm³/mol. The van der Waals surface area contributed by atoms with Crippen molar-refractivity contribution in [3.63, 3.8) is 0 Å². The molecule has 1 aliphatic rings. The van der Waals surface area contributed by atoms with Crippen molar-refractivity contribution in [2.75, 3.05) is 7.11 Å². The number of nitrogens with zero attached hydrogens (tertiary/aromatic N) is 3. The normalized spacial score (nSPS) is 14.1. The van der Waals surface area contributed by atoms with Gasteiger partial charge in [-0.1, -0.05) is 49.6 Å². The number of benzene rings is 3. The molecule has 0 atom stereocenters. The summed E-state index contributed by atoms with van der Waals surface area (Å²) >= 11 is 0. The lowest BCUT2D eigenvalue weighted by atomic mass is 9.88. The van der Waals surface area contributed by atoms with Gasteiger partial charge < -0.3 is 14.6 Å². The lowest BCUT2D eigenvalue weighted by Gasteiger charge is -2.22. The number of fused-ring (bicyclic) bond motifs is 1. The molecule has 0 radical (unpaired) electrons. The highest BCUT2D eigenvalue weighted by Crippen LogP contribution is 2.33. The number of aromatic nitrogens is 2. The number of ether oxygens (including phenoxy) is 2. The van der Waals surface area contributed by atoms with E-state index in [0.717, 1.165) is 25.7 Å². The van der Waals surface area contributed by atoms with Crippen molar-refractivity contribution in [3.8, 4) is 11.5 Å². The fraction of sp³-hybridized carbons (Fsp3) is 0.267. The molecular formula is C30H29N3O5. The maximum absolute atomic E-state index is 13.5. The molecule has 1 aromatic heterocycles. The van der Waals surface area contributed by atoms with Crippen molar-refractivity contribution >= 4 is 23.1 Å². The monoisotopic (exact) mass is 511 g/mol. The molecule has 8 nitrogen and oxygen atoms in total. The summed E-state index contributed by atoms with van der Waals surface area (Å²) in [5.74, 6) is 0.793. The minimum atomic E-state index is -1.000. The van der Waals surface area contributed by atoms with Gasteiger partial charge in [0.15, 0.2) is 11.5 Å². The third-order valence-corrected chi connectivity index (χ3v) is 6.85. The van der Waals surface area contributed by atoms with Gasteiger partial charge >= 0.3 is 5.97 Å². The Hall–Kier alpha value is -4.46. The summed E-state index contributed by atoms with van der Waals surface area (Å²) in [5.41, 5.74) is 1.98. The summed E-state index contributed by atoms with van der Waals surface area (Å²) in [6.45, 7) is 0.132.